The van der Waals surface area contributed by atoms with Crippen molar-refractivity contribution < 1.29 is 61.5 Å². The maximum absolute atomic E-state index is 13.5. The SMILES string of the molecule is CC(=O)OC[C@H]1O[C@@H](Oc2ccc3c(OCc4ccccc4)c(O[C@H]4CC[C@@H](C)CC4)c(=O)oc3c2)[C@H](OC(C)=O)[C@@H](OC(C)=O)[C@@H]1OC(C)=O. The number of carbonyl (C=O) groups excluding carboxylic acids is 4. The molecule has 0 N–H and O–H groups in total. The molecule has 0 unspecified atom stereocenters. The average Bonchev–Trinajstić information content (AvgIpc) is 3.07. The number of hydrogen-bond acceptors (Lipinski definition) is 14. The van der Waals surface area contributed by atoms with E-state index in [0.29, 0.717) is 11.3 Å². The Morgan fingerprint density at radius 2 is 1.39 bits per heavy atom. The number of hydrogen-bond donors (Lipinski definition) is 0. The smallest absolute Gasteiger partial charge is 0.383 e. The molecule has 274 valence electrons. The first-order chi connectivity index (χ1) is 24.4. The van der Waals surface area contributed by atoms with Gasteiger partial charge in [-0.25, -0.2) is 4.79 Å². The third kappa shape index (κ3) is 9.78. The van der Waals surface area contributed by atoms with Gasteiger partial charge in [0.2, 0.25) is 18.1 Å². The van der Waals surface area contributed by atoms with Gasteiger partial charge in [-0.15, -0.1) is 0 Å². The highest BCUT2D eigenvalue weighted by atomic mass is 16.7. The Balaban J connectivity index is 1.51. The van der Waals surface area contributed by atoms with Crippen molar-refractivity contribution in [2.24, 2.45) is 5.92 Å². The molecule has 14 heteroatoms. The molecule has 14 nitrogen and oxygen atoms in total. The predicted octanol–water partition coefficient (Wildman–Crippen LogP) is 4.79. The molecule has 1 aromatic heterocycles. The zero-order valence-electron chi connectivity index (χ0n) is 29.1. The van der Waals surface area contributed by atoms with Crippen LogP contribution in [0.5, 0.6) is 17.2 Å². The van der Waals surface area contributed by atoms with E-state index in [-0.39, 0.29) is 35.5 Å². The van der Waals surface area contributed by atoms with Crippen LogP contribution in [0.2, 0.25) is 0 Å². The predicted molar refractivity (Wildman–Crippen MR) is 178 cm³/mol. The summed E-state index contributed by atoms with van der Waals surface area (Å²) >= 11 is 0. The van der Waals surface area contributed by atoms with Gasteiger partial charge in [0.25, 0.3) is 0 Å². The number of benzene rings is 2. The molecule has 0 amide bonds. The summed E-state index contributed by atoms with van der Waals surface area (Å²) < 4.78 is 52.0. The van der Waals surface area contributed by atoms with Crippen LogP contribution in [0.4, 0.5) is 0 Å². The lowest BCUT2D eigenvalue weighted by atomic mass is 9.89. The normalized spacial score (nSPS) is 24.5. The first kappa shape index (κ1) is 37.2. The van der Waals surface area contributed by atoms with Gasteiger partial charge in [-0.1, -0.05) is 37.3 Å². The molecular formula is C37H42O14. The first-order valence-corrected chi connectivity index (χ1v) is 16.8. The zero-order valence-corrected chi connectivity index (χ0v) is 29.1. The first-order valence-electron chi connectivity index (χ1n) is 16.8. The Bertz CT molecular complexity index is 1760. The molecule has 1 saturated carbocycles. The molecule has 2 aliphatic rings. The van der Waals surface area contributed by atoms with Crippen LogP contribution in [-0.2, 0) is 49.5 Å². The number of fused-ring (bicyclic) bond motifs is 1. The van der Waals surface area contributed by atoms with E-state index in [0.717, 1.165) is 52.0 Å². The highest BCUT2D eigenvalue weighted by molar-refractivity contribution is 5.86. The third-order valence-electron chi connectivity index (χ3n) is 8.47. The summed E-state index contributed by atoms with van der Waals surface area (Å²) in [6, 6.07) is 14.1. The summed E-state index contributed by atoms with van der Waals surface area (Å²) in [7, 11) is 0. The van der Waals surface area contributed by atoms with Crippen molar-refractivity contribution in [3.8, 4) is 17.2 Å². The van der Waals surface area contributed by atoms with Gasteiger partial charge in [-0.3, -0.25) is 19.2 Å². The summed E-state index contributed by atoms with van der Waals surface area (Å²) in [6.45, 7) is 6.48. The van der Waals surface area contributed by atoms with E-state index in [1.807, 2.05) is 30.3 Å². The van der Waals surface area contributed by atoms with Crippen molar-refractivity contribution in [2.45, 2.75) is 104 Å². The Hall–Kier alpha value is -5.11. The van der Waals surface area contributed by atoms with E-state index in [1.165, 1.54) is 13.0 Å². The summed E-state index contributed by atoms with van der Waals surface area (Å²) in [5, 5.41) is 0.429. The molecule has 0 spiro atoms. The number of ether oxygens (including phenoxy) is 8. The van der Waals surface area contributed by atoms with E-state index in [2.05, 4.69) is 6.92 Å². The zero-order chi connectivity index (χ0) is 36.7. The second-order valence-electron chi connectivity index (χ2n) is 12.7. The van der Waals surface area contributed by atoms with Crippen molar-refractivity contribution in [3.05, 3.63) is 64.5 Å². The van der Waals surface area contributed by atoms with Gasteiger partial charge >= 0.3 is 29.5 Å². The summed E-state index contributed by atoms with van der Waals surface area (Å²) in [4.78, 5) is 61.7. The fourth-order valence-corrected chi connectivity index (χ4v) is 6.12. The molecule has 3 aromatic rings. The lowest BCUT2D eigenvalue weighted by Gasteiger charge is -2.43. The van der Waals surface area contributed by atoms with Gasteiger partial charge in [0.05, 0.1) is 11.5 Å². The van der Waals surface area contributed by atoms with Gasteiger partial charge in [0.1, 0.15) is 30.7 Å². The fourth-order valence-electron chi connectivity index (χ4n) is 6.12. The van der Waals surface area contributed by atoms with Crippen molar-refractivity contribution in [1.82, 2.24) is 0 Å². The standard InChI is InChI=1S/C37H42O14/c1-20-11-13-26(14-12-20)48-34-31(44-18-25-9-7-6-8-10-25)28-16-15-27(17-29(28)50-36(34)42)49-37-35(47-24(5)41)33(46-23(4)40)32(45-22(3)39)30(51-37)19-43-21(2)38/h6-10,15-17,20,26,30,32-33,35,37H,11-14,18-19H2,1-5H3/t20-,26+,30-,32-,33+,35-,37-/m1/s1. The second kappa shape index (κ2) is 16.7. The Kier molecular flexibility index (Phi) is 12.2. The van der Waals surface area contributed by atoms with Crippen LogP contribution < -0.4 is 19.8 Å². The van der Waals surface area contributed by atoms with Gasteiger partial charge in [0.15, 0.2) is 18.0 Å². The van der Waals surface area contributed by atoms with Gasteiger partial charge in [-0.2, -0.15) is 0 Å². The topological polar surface area (TPSA) is 172 Å². The number of carbonyl (C=O) groups is 4. The van der Waals surface area contributed by atoms with Crippen LogP contribution in [0.15, 0.2) is 57.7 Å². The van der Waals surface area contributed by atoms with E-state index < -0.39 is 66.8 Å². The monoisotopic (exact) mass is 710 g/mol. The minimum atomic E-state index is -1.49. The van der Waals surface area contributed by atoms with Crippen molar-refractivity contribution in [1.29, 1.82) is 0 Å². The maximum atomic E-state index is 13.5. The Morgan fingerprint density at radius 1 is 0.745 bits per heavy atom. The Morgan fingerprint density at radius 3 is 2.04 bits per heavy atom. The largest absolute Gasteiger partial charge is 0.484 e. The molecule has 1 aliphatic heterocycles. The average molecular weight is 711 g/mol. The fraction of sp³-hybridized carbons (Fsp3) is 0.486. The molecule has 1 aliphatic carbocycles. The van der Waals surface area contributed by atoms with Crippen molar-refractivity contribution >= 4 is 34.8 Å². The van der Waals surface area contributed by atoms with E-state index in [4.69, 9.17) is 42.3 Å². The minimum Gasteiger partial charge on any atom is -0.484 e. The van der Waals surface area contributed by atoms with Gasteiger partial charge < -0.3 is 42.3 Å². The van der Waals surface area contributed by atoms with Crippen LogP contribution in [0.3, 0.4) is 0 Å². The molecule has 51 heavy (non-hydrogen) atoms. The lowest BCUT2D eigenvalue weighted by Crippen LogP contribution is -2.63. The molecule has 2 fully saturated rings. The minimum absolute atomic E-state index is 0.0220. The summed E-state index contributed by atoms with van der Waals surface area (Å²) in [6.07, 6.45) is -3.56. The molecule has 0 bridgehead atoms. The number of esters is 4. The summed E-state index contributed by atoms with van der Waals surface area (Å²) in [5.74, 6) is -2.11. The third-order valence-corrected chi connectivity index (χ3v) is 8.47. The molecule has 2 heterocycles. The quantitative estimate of drug-likeness (QED) is 0.143. The lowest BCUT2D eigenvalue weighted by molar-refractivity contribution is -0.288. The molecule has 1 saturated heterocycles. The van der Waals surface area contributed by atoms with Crippen LogP contribution in [0, 0.1) is 5.92 Å². The molecular weight excluding hydrogens is 668 g/mol. The molecule has 5 rings (SSSR count). The molecule has 5 atom stereocenters. The second-order valence-corrected chi connectivity index (χ2v) is 12.7. The number of rotatable bonds is 12. The maximum Gasteiger partial charge on any atom is 0.383 e. The van der Waals surface area contributed by atoms with Gasteiger partial charge in [0, 0.05) is 33.8 Å². The van der Waals surface area contributed by atoms with Crippen LogP contribution >= 0.6 is 0 Å². The van der Waals surface area contributed by atoms with Crippen molar-refractivity contribution in [2.75, 3.05) is 6.61 Å². The van der Waals surface area contributed by atoms with Crippen LogP contribution in [0.25, 0.3) is 11.0 Å². The molecule has 2 aromatic carbocycles. The van der Waals surface area contributed by atoms with E-state index in [1.54, 1.807) is 12.1 Å². The Labute approximate surface area is 294 Å². The highest BCUT2D eigenvalue weighted by Crippen LogP contribution is 2.38. The van der Waals surface area contributed by atoms with Gasteiger partial charge in [-0.05, 0) is 49.3 Å². The highest BCUT2D eigenvalue weighted by Gasteiger charge is 2.53. The van der Waals surface area contributed by atoms with E-state index in [9.17, 15) is 24.0 Å². The van der Waals surface area contributed by atoms with Crippen molar-refractivity contribution in [3.63, 3.8) is 0 Å². The van der Waals surface area contributed by atoms with Crippen LogP contribution in [-0.4, -0.2) is 67.3 Å². The summed E-state index contributed by atoms with van der Waals surface area (Å²) in [5.41, 5.74) is 0.226. The van der Waals surface area contributed by atoms with E-state index >= 15 is 0 Å². The van der Waals surface area contributed by atoms with Crippen LogP contribution in [0.1, 0.15) is 65.9 Å². The molecule has 0 radical (unpaired) electrons.